The molecular formula is C11H22N2O. The number of carbonyl (C=O) groups is 1. The maximum absolute atomic E-state index is 11.6. The summed E-state index contributed by atoms with van der Waals surface area (Å²) in [5.74, 6) is 0.898. The number of rotatable bonds is 2. The van der Waals surface area contributed by atoms with E-state index in [2.05, 4.69) is 6.92 Å². The topological polar surface area (TPSA) is 46.3 Å². The van der Waals surface area contributed by atoms with Crippen molar-refractivity contribution in [2.45, 2.75) is 51.6 Å². The third-order valence-electron chi connectivity index (χ3n) is 3.27. The molecule has 0 aliphatic heterocycles. The lowest BCUT2D eigenvalue weighted by Crippen LogP contribution is -2.46. The van der Waals surface area contributed by atoms with Crippen molar-refractivity contribution >= 4 is 5.91 Å². The monoisotopic (exact) mass is 198 g/mol. The third kappa shape index (κ3) is 2.71. The van der Waals surface area contributed by atoms with Gasteiger partial charge in [-0.25, -0.2) is 0 Å². The van der Waals surface area contributed by atoms with Crippen molar-refractivity contribution in [2.24, 2.45) is 11.7 Å². The van der Waals surface area contributed by atoms with Crippen LogP contribution < -0.4 is 5.73 Å². The van der Waals surface area contributed by atoms with Gasteiger partial charge >= 0.3 is 0 Å². The maximum Gasteiger partial charge on any atom is 0.239 e. The van der Waals surface area contributed by atoms with Crippen LogP contribution in [0.15, 0.2) is 0 Å². The van der Waals surface area contributed by atoms with Crippen LogP contribution >= 0.6 is 0 Å². The van der Waals surface area contributed by atoms with Gasteiger partial charge in [0.15, 0.2) is 0 Å². The molecule has 0 aromatic heterocycles. The average Bonchev–Trinajstić information content (AvgIpc) is 2.16. The molecule has 1 aliphatic carbocycles. The van der Waals surface area contributed by atoms with Gasteiger partial charge in [-0.2, -0.15) is 0 Å². The minimum Gasteiger partial charge on any atom is -0.341 e. The lowest BCUT2D eigenvalue weighted by molar-refractivity contribution is -0.133. The summed E-state index contributed by atoms with van der Waals surface area (Å²) in [7, 11) is 1.88. The summed E-state index contributed by atoms with van der Waals surface area (Å²) in [6.45, 7) is 4.04. The van der Waals surface area contributed by atoms with Gasteiger partial charge in [0, 0.05) is 13.1 Å². The summed E-state index contributed by atoms with van der Waals surface area (Å²) < 4.78 is 0. The van der Waals surface area contributed by atoms with Gasteiger partial charge < -0.3 is 10.6 Å². The molecule has 1 rings (SSSR count). The smallest absolute Gasteiger partial charge is 0.239 e. The molecule has 3 nitrogen and oxygen atoms in total. The Morgan fingerprint density at radius 1 is 1.36 bits per heavy atom. The quantitative estimate of drug-likeness (QED) is 0.728. The zero-order valence-electron chi connectivity index (χ0n) is 9.49. The van der Waals surface area contributed by atoms with Crippen LogP contribution in [0.5, 0.6) is 0 Å². The van der Waals surface area contributed by atoms with Gasteiger partial charge in [0.25, 0.3) is 0 Å². The molecule has 1 fully saturated rings. The lowest BCUT2D eigenvalue weighted by atomic mass is 9.86. The first kappa shape index (κ1) is 11.5. The van der Waals surface area contributed by atoms with Gasteiger partial charge in [0.1, 0.15) is 0 Å². The highest BCUT2D eigenvalue weighted by Gasteiger charge is 2.25. The van der Waals surface area contributed by atoms with Crippen molar-refractivity contribution < 1.29 is 4.79 Å². The van der Waals surface area contributed by atoms with Crippen LogP contribution in [-0.2, 0) is 4.79 Å². The molecule has 0 heterocycles. The van der Waals surface area contributed by atoms with Crippen molar-refractivity contribution in [3.8, 4) is 0 Å². The second kappa shape index (κ2) is 4.78. The molecule has 1 amide bonds. The number of hydrogen-bond donors (Lipinski definition) is 1. The van der Waals surface area contributed by atoms with E-state index >= 15 is 0 Å². The lowest BCUT2D eigenvalue weighted by Gasteiger charge is -2.34. The Kier molecular flexibility index (Phi) is 3.93. The molecule has 1 atom stereocenters. The summed E-state index contributed by atoms with van der Waals surface area (Å²) in [4.78, 5) is 13.5. The first-order valence-electron chi connectivity index (χ1n) is 5.54. The van der Waals surface area contributed by atoms with Gasteiger partial charge in [-0.15, -0.1) is 0 Å². The Balaban J connectivity index is 2.45. The number of likely N-dealkylation sites (N-methyl/N-ethyl adjacent to an activating group) is 1. The first-order valence-corrected chi connectivity index (χ1v) is 5.54. The minimum atomic E-state index is -0.362. The molecule has 0 aromatic rings. The highest BCUT2D eigenvalue weighted by molar-refractivity contribution is 5.81. The van der Waals surface area contributed by atoms with Crippen LogP contribution in [0.1, 0.15) is 39.5 Å². The SMILES string of the molecule is CC1CCC(N(C)C(=O)C(C)N)CC1. The van der Waals surface area contributed by atoms with E-state index in [0.717, 1.165) is 18.8 Å². The van der Waals surface area contributed by atoms with E-state index < -0.39 is 0 Å². The standard InChI is InChI=1S/C11H22N2O/c1-8-4-6-10(7-5-8)13(3)11(14)9(2)12/h8-10H,4-7,12H2,1-3H3. The van der Waals surface area contributed by atoms with Crippen molar-refractivity contribution in [1.29, 1.82) is 0 Å². The maximum atomic E-state index is 11.6. The Labute approximate surface area is 86.6 Å². The molecule has 0 aromatic carbocycles. The molecule has 0 radical (unpaired) electrons. The first-order chi connectivity index (χ1) is 6.52. The minimum absolute atomic E-state index is 0.0737. The van der Waals surface area contributed by atoms with Crippen LogP contribution in [-0.4, -0.2) is 29.9 Å². The summed E-state index contributed by atoms with van der Waals surface area (Å²) in [6, 6.07) is 0.0593. The van der Waals surface area contributed by atoms with Crippen LogP contribution in [0.4, 0.5) is 0 Å². The summed E-state index contributed by atoms with van der Waals surface area (Å²) in [5.41, 5.74) is 5.58. The Hall–Kier alpha value is -0.570. The molecular weight excluding hydrogens is 176 g/mol. The van der Waals surface area contributed by atoms with E-state index in [4.69, 9.17) is 5.73 Å². The van der Waals surface area contributed by atoms with E-state index in [1.807, 2.05) is 11.9 Å². The van der Waals surface area contributed by atoms with Crippen LogP contribution in [0.25, 0.3) is 0 Å². The van der Waals surface area contributed by atoms with Gasteiger partial charge in [-0.05, 0) is 38.5 Å². The van der Waals surface area contributed by atoms with Gasteiger partial charge in [-0.3, -0.25) is 4.79 Å². The fourth-order valence-corrected chi connectivity index (χ4v) is 2.13. The molecule has 0 saturated heterocycles. The highest BCUT2D eigenvalue weighted by Crippen LogP contribution is 2.26. The van der Waals surface area contributed by atoms with Crippen LogP contribution in [0.2, 0.25) is 0 Å². The van der Waals surface area contributed by atoms with Crippen molar-refractivity contribution in [3.63, 3.8) is 0 Å². The van der Waals surface area contributed by atoms with Crippen molar-refractivity contribution in [1.82, 2.24) is 4.90 Å². The molecule has 3 heteroatoms. The highest BCUT2D eigenvalue weighted by atomic mass is 16.2. The number of carbonyl (C=O) groups excluding carboxylic acids is 1. The van der Waals surface area contributed by atoms with Gasteiger partial charge in [-0.1, -0.05) is 6.92 Å². The zero-order valence-corrected chi connectivity index (χ0v) is 9.49. The predicted octanol–water partition coefficient (Wildman–Crippen LogP) is 1.37. The normalized spacial score (nSPS) is 29.7. The molecule has 2 N–H and O–H groups in total. The second-order valence-corrected chi connectivity index (χ2v) is 4.65. The molecule has 0 bridgehead atoms. The number of amides is 1. The van der Waals surface area contributed by atoms with Crippen molar-refractivity contribution in [2.75, 3.05) is 7.05 Å². The zero-order chi connectivity index (χ0) is 10.7. The molecule has 1 aliphatic rings. The summed E-state index contributed by atoms with van der Waals surface area (Å²) in [6.07, 6.45) is 4.74. The molecule has 1 saturated carbocycles. The molecule has 1 unspecified atom stereocenters. The number of nitrogens with two attached hydrogens (primary N) is 1. The molecule has 82 valence electrons. The van der Waals surface area contributed by atoms with E-state index in [1.54, 1.807) is 6.92 Å². The fraction of sp³-hybridized carbons (Fsp3) is 0.909. The average molecular weight is 198 g/mol. The second-order valence-electron chi connectivity index (χ2n) is 4.65. The Morgan fingerprint density at radius 2 is 1.86 bits per heavy atom. The molecule has 14 heavy (non-hydrogen) atoms. The summed E-state index contributed by atoms with van der Waals surface area (Å²) in [5, 5.41) is 0. The predicted molar refractivity (Wildman–Crippen MR) is 57.8 cm³/mol. The largest absolute Gasteiger partial charge is 0.341 e. The van der Waals surface area contributed by atoms with E-state index in [-0.39, 0.29) is 11.9 Å². The van der Waals surface area contributed by atoms with E-state index in [0.29, 0.717) is 6.04 Å². The van der Waals surface area contributed by atoms with Gasteiger partial charge in [0.2, 0.25) is 5.91 Å². The van der Waals surface area contributed by atoms with E-state index in [1.165, 1.54) is 12.8 Å². The fourth-order valence-electron chi connectivity index (χ4n) is 2.13. The number of nitrogens with zero attached hydrogens (tertiary/aromatic N) is 1. The van der Waals surface area contributed by atoms with Gasteiger partial charge in [0.05, 0.1) is 6.04 Å². The Morgan fingerprint density at radius 3 is 2.29 bits per heavy atom. The van der Waals surface area contributed by atoms with Crippen molar-refractivity contribution in [3.05, 3.63) is 0 Å². The number of hydrogen-bond acceptors (Lipinski definition) is 2. The van der Waals surface area contributed by atoms with Crippen LogP contribution in [0, 0.1) is 5.92 Å². The molecule has 0 spiro atoms. The van der Waals surface area contributed by atoms with Crippen LogP contribution in [0.3, 0.4) is 0 Å². The Bertz CT molecular complexity index is 195. The summed E-state index contributed by atoms with van der Waals surface area (Å²) >= 11 is 0. The third-order valence-corrected chi connectivity index (χ3v) is 3.27. The van der Waals surface area contributed by atoms with E-state index in [9.17, 15) is 4.79 Å².